The normalized spacial score (nSPS) is 11.0. The maximum atomic E-state index is 12.5. The number of hydrogen-bond acceptors (Lipinski definition) is 2. The molecular weight excluding hydrogens is 384 g/mol. The molecule has 0 saturated carbocycles. The van der Waals surface area contributed by atoms with Crippen molar-refractivity contribution in [3.05, 3.63) is 88.6 Å². The minimum Gasteiger partial charge on any atom is -0.508 e. The molecule has 3 N–H and O–H groups in total. The molecule has 4 rings (SSSR count). The van der Waals surface area contributed by atoms with Gasteiger partial charge in [0, 0.05) is 23.2 Å². The SMILES string of the molecule is Cc1[nH]c2c(Cl)cccc2c1CCNC(=O)c1ccc(-c2cccc(O)c2)cc1. The van der Waals surface area contributed by atoms with Gasteiger partial charge >= 0.3 is 0 Å². The Hall–Kier alpha value is -3.24. The summed E-state index contributed by atoms with van der Waals surface area (Å²) in [5.74, 6) is 0.112. The molecule has 1 heterocycles. The van der Waals surface area contributed by atoms with Gasteiger partial charge in [-0.05, 0) is 60.4 Å². The summed E-state index contributed by atoms with van der Waals surface area (Å²) in [6.45, 7) is 2.56. The molecule has 0 aliphatic rings. The van der Waals surface area contributed by atoms with E-state index in [2.05, 4.69) is 10.3 Å². The number of rotatable bonds is 5. The minimum atomic E-state index is -0.108. The summed E-state index contributed by atoms with van der Waals surface area (Å²) in [6, 6.07) is 20.3. The number of fused-ring (bicyclic) bond motifs is 1. The van der Waals surface area contributed by atoms with Crippen LogP contribution in [-0.2, 0) is 6.42 Å². The average molecular weight is 405 g/mol. The molecule has 0 bridgehead atoms. The number of amides is 1. The van der Waals surface area contributed by atoms with E-state index in [0.29, 0.717) is 17.1 Å². The summed E-state index contributed by atoms with van der Waals surface area (Å²) >= 11 is 6.26. The van der Waals surface area contributed by atoms with Crippen LogP contribution >= 0.6 is 11.6 Å². The topological polar surface area (TPSA) is 65.1 Å². The zero-order chi connectivity index (χ0) is 20.4. The van der Waals surface area contributed by atoms with Crippen molar-refractivity contribution in [3.63, 3.8) is 0 Å². The first-order valence-corrected chi connectivity index (χ1v) is 9.84. The number of benzene rings is 3. The molecule has 5 heteroatoms. The molecule has 0 fully saturated rings. The molecule has 1 amide bonds. The van der Waals surface area contributed by atoms with Gasteiger partial charge in [-0.3, -0.25) is 4.79 Å². The molecule has 0 spiro atoms. The van der Waals surface area contributed by atoms with Crippen molar-refractivity contribution in [2.45, 2.75) is 13.3 Å². The summed E-state index contributed by atoms with van der Waals surface area (Å²) in [6.07, 6.45) is 0.722. The first-order valence-electron chi connectivity index (χ1n) is 9.46. The van der Waals surface area contributed by atoms with E-state index in [1.807, 2.05) is 43.3 Å². The lowest BCUT2D eigenvalue weighted by Crippen LogP contribution is -2.25. The average Bonchev–Trinajstić information content (AvgIpc) is 3.05. The molecule has 0 radical (unpaired) electrons. The second-order valence-corrected chi connectivity index (χ2v) is 7.43. The van der Waals surface area contributed by atoms with Crippen molar-refractivity contribution in [3.8, 4) is 16.9 Å². The third-order valence-electron chi connectivity index (χ3n) is 5.09. The minimum absolute atomic E-state index is 0.108. The zero-order valence-electron chi connectivity index (χ0n) is 16.0. The summed E-state index contributed by atoms with van der Waals surface area (Å²) in [5.41, 5.74) is 5.64. The van der Waals surface area contributed by atoms with E-state index in [0.717, 1.165) is 34.1 Å². The van der Waals surface area contributed by atoms with E-state index >= 15 is 0 Å². The molecule has 4 aromatic rings. The smallest absolute Gasteiger partial charge is 0.251 e. The maximum absolute atomic E-state index is 12.5. The van der Waals surface area contributed by atoms with E-state index < -0.39 is 0 Å². The summed E-state index contributed by atoms with van der Waals surface area (Å²) in [7, 11) is 0. The molecule has 0 unspecified atom stereocenters. The molecular formula is C24H21ClN2O2. The van der Waals surface area contributed by atoms with Crippen LogP contribution < -0.4 is 5.32 Å². The Labute approximate surface area is 174 Å². The number of aromatic hydroxyl groups is 1. The Morgan fingerprint density at radius 3 is 2.55 bits per heavy atom. The third-order valence-corrected chi connectivity index (χ3v) is 5.41. The fraction of sp³-hybridized carbons (Fsp3) is 0.125. The predicted molar refractivity (Wildman–Crippen MR) is 118 cm³/mol. The molecule has 3 aromatic carbocycles. The van der Waals surface area contributed by atoms with Crippen molar-refractivity contribution in [2.24, 2.45) is 0 Å². The van der Waals surface area contributed by atoms with Crippen LogP contribution in [-0.4, -0.2) is 22.5 Å². The highest BCUT2D eigenvalue weighted by Crippen LogP contribution is 2.28. The third kappa shape index (κ3) is 3.98. The molecule has 146 valence electrons. The van der Waals surface area contributed by atoms with Gasteiger partial charge in [0.15, 0.2) is 0 Å². The highest BCUT2D eigenvalue weighted by molar-refractivity contribution is 6.35. The second kappa shape index (κ2) is 8.02. The Bertz CT molecular complexity index is 1180. The molecule has 1 aromatic heterocycles. The Kier molecular flexibility index (Phi) is 5.28. The number of halogens is 1. The molecule has 29 heavy (non-hydrogen) atoms. The van der Waals surface area contributed by atoms with E-state index in [-0.39, 0.29) is 11.7 Å². The number of phenolic OH excluding ortho intramolecular Hbond substituents is 1. The largest absolute Gasteiger partial charge is 0.508 e. The van der Waals surface area contributed by atoms with Crippen LogP contribution in [0, 0.1) is 6.92 Å². The lowest BCUT2D eigenvalue weighted by Gasteiger charge is -2.07. The Morgan fingerprint density at radius 2 is 1.79 bits per heavy atom. The van der Waals surface area contributed by atoms with E-state index in [4.69, 9.17) is 11.6 Å². The lowest BCUT2D eigenvalue weighted by atomic mass is 10.0. The number of nitrogens with one attached hydrogen (secondary N) is 2. The first kappa shape index (κ1) is 19.1. The fourth-order valence-corrected chi connectivity index (χ4v) is 3.81. The number of phenols is 1. The number of carbonyl (C=O) groups is 1. The van der Waals surface area contributed by atoms with Crippen LogP contribution in [0.15, 0.2) is 66.7 Å². The highest BCUT2D eigenvalue weighted by atomic mass is 35.5. The number of H-pyrrole nitrogens is 1. The summed E-state index contributed by atoms with van der Waals surface area (Å²) < 4.78 is 0. The predicted octanol–water partition coefficient (Wildman–Crippen LogP) is 5.47. The van der Waals surface area contributed by atoms with Crippen molar-refractivity contribution >= 4 is 28.4 Å². The number of aromatic amines is 1. The molecule has 0 atom stereocenters. The van der Waals surface area contributed by atoms with Crippen molar-refractivity contribution in [2.75, 3.05) is 6.54 Å². The number of hydrogen-bond donors (Lipinski definition) is 3. The van der Waals surface area contributed by atoms with Gasteiger partial charge in [-0.25, -0.2) is 0 Å². The second-order valence-electron chi connectivity index (χ2n) is 7.02. The molecule has 0 saturated heterocycles. The van der Waals surface area contributed by atoms with Crippen LogP contribution in [0.2, 0.25) is 5.02 Å². The Morgan fingerprint density at radius 1 is 1.03 bits per heavy atom. The number of aryl methyl sites for hydroxylation is 1. The Balaban J connectivity index is 1.42. The van der Waals surface area contributed by atoms with Crippen molar-refractivity contribution in [1.29, 1.82) is 0 Å². The van der Waals surface area contributed by atoms with E-state index in [1.54, 1.807) is 30.3 Å². The summed E-state index contributed by atoms with van der Waals surface area (Å²) in [4.78, 5) is 15.8. The van der Waals surface area contributed by atoms with Gasteiger partial charge in [0.25, 0.3) is 5.91 Å². The molecule has 0 aliphatic carbocycles. The van der Waals surface area contributed by atoms with Crippen LogP contribution in [0.4, 0.5) is 0 Å². The van der Waals surface area contributed by atoms with Gasteiger partial charge in [0.1, 0.15) is 5.75 Å². The van der Waals surface area contributed by atoms with E-state index in [1.165, 1.54) is 5.56 Å². The van der Waals surface area contributed by atoms with Gasteiger partial charge in [0.2, 0.25) is 0 Å². The van der Waals surface area contributed by atoms with Crippen LogP contribution in [0.3, 0.4) is 0 Å². The number of carbonyl (C=O) groups excluding carboxylic acids is 1. The quantitative estimate of drug-likeness (QED) is 0.412. The monoisotopic (exact) mass is 404 g/mol. The van der Waals surface area contributed by atoms with Gasteiger partial charge < -0.3 is 15.4 Å². The van der Waals surface area contributed by atoms with Crippen molar-refractivity contribution < 1.29 is 9.90 Å². The zero-order valence-corrected chi connectivity index (χ0v) is 16.8. The molecule has 4 nitrogen and oxygen atoms in total. The van der Waals surface area contributed by atoms with Gasteiger partial charge in [-0.15, -0.1) is 0 Å². The van der Waals surface area contributed by atoms with Gasteiger partial charge in [0.05, 0.1) is 10.5 Å². The fourth-order valence-electron chi connectivity index (χ4n) is 3.59. The van der Waals surface area contributed by atoms with Crippen LogP contribution in [0.1, 0.15) is 21.6 Å². The number of aromatic nitrogens is 1. The van der Waals surface area contributed by atoms with E-state index in [9.17, 15) is 9.90 Å². The lowest BCUT2D eigenvalue weighted by molar-refractivity contribution is 0.0954. The van der Waals surface area contributed by atoms with Crippen LogP contribution in [0.5, 0.6) is 5.75 Å². The first-order chi connectivity index (χ1) is 14.0. The summed E-state index contributed by atoms with van der Waals surface area (Å²) in [5, 5.41) is 14.4. The van der Waals surface area contributed by atoms with Gasteiger partial charge in [-0.1, -0.05) is 48.0 Å². The van der Waals surface area contributed by atoms with Crippen molar-refractivity contribution in [1.82, 2.24) is 10.3 Å². The number of para-hydroxylation sites is 1. The maximum Gasteiger partial charge on any atom is 0.251 e. The van der Waals surface area contributed by atoms with Crippen LogP contribution in [0.25, 0.3) is 22.0 Å². The standard InChI is InChI=1S/C24H21ClN2O2/c1-15-20(21-6-3-7-22(25)23(21)27-15)12-13-26-24(29)17-10-8-16(9-11-17)18-4-2-5-19(28)14-18/h2-11,14,27-28H,12-13H2,1H3,(H,26,29). The van der Waals surface area contributed by atoms with Gasteiger partial charge in [-0.2, -0.15) is 0 Å². The molecule has 0 aliphatic heterocycles. The highest BCUT2D eigenvalue weighted by Gasteiger charge is 2.11.